The van der Waals surface area contributed by atoms with Gasteiger partial charge in [-0.05, 0) is 73.0 Å². The first kappa shape index (κ1) is 26.8. The summed E-state index contributed by atoms with van der Waals surface area (Å²) in [6, 6.07) is 20.7. The van der Waals surface area contributed by atoms with Crippen LogP contribution in [0.5, 0.6) is 17.2 Å². The number of anilines is 2. The van der Waals surface area contributed by atoms with Crippen LogP contribution in [0, 0.1) is 5.92 Å². The number of halogens is 1. The van der Waals surface area contributed by atoms with Crippen LogP contribution in [0.4, 0.5) is 11.4 Å². The second kappa shape index (κ2) is 12.3. The molecule has 4 rings (SSSR count). The predicted octanol–water partition coefficient (Wildman–Crippen LogP) is 6.21. The minimum absolute atomic E-state index is 0.146. The molecule has 9 heteroatoms. The lowest BCUT2D eigenvalue weighted by atomic mass is 10.1. The Balaban J connectivity index is 1.69. The SMILES string of the molecule is COc1ccc(Oc2cnn(-c3cccc(Cl)c3)c(=O)c2Nc2cccc(C(=O)NCCC(C)C)c2)cc1. The van der Waals surface area contributed by atoms with Crippen molar-refractivity contribution in [1.29, 1.82) is 0 Å². The molecule has 0 spiro atoms. The number of rotatable bonds is 10. The van der Waals surface area contributed by atoms with Gasteiger partial charge in [-0.25, -0.2) is 0 Å². The van der Waals surface area contributed by atoms with Gasteiger partial charge >= 0.3 is 0 Å². The second-order valence-corrected chi connectivity index (χ2v) is 9.44. The van der Waals surface area contributed by atoms with Crippen molar-refractivity contribution in [3.8, 4) is 22.9 Å². The van der Waals surface area contributed by atoms with Gasteiger partial charge in [-0.1, -0.05) is 37.6 Å². The standard InChI is InChI=1S/C29H29ClN4O4/c1-19(2)14-15-31-28(35)20-6-4-8-22(16-20)33-27-26(38-25-12-10-24(37-3)11-13-25)18-32-34(29(27)36)23-9-5-7-21(30)17-23/h4-13,16-19,33H,14-15H2,1-3H3,(H,31,35). The van der Waals surface area contributed by atoms with Crippen molar-refractivity contribution in [2.24, 2.45) is 5.92 Å². The fourth-order valence-corrected chi connectivity index (χ4v) is 3.84. The molecule has 1 aromatic heterocycles. The maximum atomic E-state index is 13.6. The van der Waals surface area contributed by atoms with E-state index in [0.717, 1.165) is 6.42 Å². The summed E-state index contributed by atoms with van der Waals surface area (Å²) in [7, 11) is 1.58. The van der Waals surface area contributed by atoms with Crippen LogP contribution < -0.4 is 25.7 Å². The number of hydrogen-bond donors (Lipinski definition) is 2. The summed E-state index contributed by atoms with van der Waals surface area (Å²) < 4.78 is 12.5. The largest absolute Gasteiger partial charge is 0.497 e. The molecule has 0 fully saturated rings. The first-order valence-corrected chi connectivity index (χ1v) is 12.6. The Bertz CT molecular complexity index is 1470. The van der Waals surface area contributed by atoms with E-state index in [4.69, 9.17) is 21.1 Å². The fourth-order valence-electron chi connectivity index (χ4n) is 3.65. The lowest BCUT2D eigenvalue weighted by molar-refractivity contribution is 0.0952. The van der Waals surface area contributed by atoms with Gasteiger partial charge in [0.25, 0.3) is 11.5 Å². The number of hydrogen-bond acceptors (Lipinski definition) is 6. The maximum Gasteiger partial charge on any atom is 0.299 e. The van der Waals surface area contributed by atoms with Crippen LogP contribution >= 0.6 is 11.6 Å². The number of benzene rings is 3. The van der Waals surface area contributed by atoms with Gasteiger partial charge < -0.3 is 20.1 Å². The highest BCUT2D eigenvalue weighted by Gasteiger charge is 2.17. The van der Waals surface area contributed by atoms with Crippen molar-refractivity contribution in [1.82, 2.24) is 15.1 Å². The summed E-state index contributed by atoms with van der Waals surface area (Å²) in [5.74, 6) is 1.68. The molecule has 4 aromatic rings. The molecule has 0 aliphatic carbocycles. The average molecular weight is 533 g/mol. The third-order valence-corrected chi connectivity index (χ3v) is 5.92. The van der Waals surface area contributed by atoms with Crippen molar-refractivity contribution in [2.75, 3.05) is 19.0 Å². The Morgan fingerprint density at radius 1 is 1.03 bits per heavy atom. The molecule has 38 heavy (non-hydrogen) atoms. The molecule has 0 aliphatic rings. The summed E-state index contributed by atoms with van der Waals surface area (Å²) in [4.78, 5) is 26.3. The van der Waals surface area contributed by atoms with Gasteiger partial charge in [-0.3, -0.25) is 9.59 Å². The molecule has 0 unspecified atom stereocenters. The van der Waals surface area contributed by atoms with Crippen LogP contribution in [-0.2, 0) is 0 Å². The van der Waals surface area contributed by atoms with E-state index in [1.807, 2.05) is 0 Å². The topological polar surface area (TPSA) is 94.5 Å². The van der Waals surface area contributed by atoms with Crippen molar-refractivity contribution in [3.63, 3.8) is 0 Å². The number of carbonyl (C=O) groups is 1. The average Bonchev–Trinajstić information content (AvgIpc) is 2.91. The molecule has 0 atom stereocenters. The van der Waals surface area contributed by atoms with Crippen LogP contribution in [0.25, 0.3) is 5.69 Å². The molecule has 2 N–H and O–H groups in total. The van der Waals surface area contributed by atoms with E-state index in [-0.39, 0.29) is 17.3 Å². The molecule has 1 amide bonds. The second-order valence-electron chi connectivity index (χ2n) is 9.00. The van der Waals surface area contributed by atoms with E-state index in [9.17, 15) is 9.59 Å². The highest BCUT2D eigenvalue weighted by Crippen LogP contribution is 2.30. The third-order valence-electron chi connectivity index (χ3n) is 5.68. The van der Waals surface area contributed by atoms with Gasteiger partial charge in [0.2, 0.25) is 0 Å². The van der Waals surface area contributed by atoms with Gasteiger partial charge in [-0.15, -0.1) is 0 Å². The zero-order valence-electron chi connectivity index (χ0n) is 21.4. The van der Waals surface area contributed by atoms with Crippen LogP contribution in [0.15, 0.2) is 83.8 Å². The fraction of sp³-hybridized carbons (Fsp3) is 0.207. The van der Waals surface area contributed by atoms with Crippen LogP contribution in [0.3, 0.4) is 0 Å². The summed E-state index contributed by atoms with van der Waals surface area (Å²) in [6.07, 6.45) is 2.34. The van der Waals surface area contributed by atoms with Gasteiger partial charge in [0.1, 0.15) is 11.5 Å². The number of nitrogens with zero attached hydrogens (tertiary/aromatic N) is 2. The van der Waals surface area contributed by atoms with Gasteiger partial charge in [-0.2, -0.15) is 9.78 Å². The number of amides is 1. The molecule has 0 radical (unpaired) electrons. The number of aromatic nitrogens is 2. The zero-order chi connectivity index (χ0) is 27.1. The van der Waals surface area contributed by atoms with Gasteiger partial charge in [0.05, 0.1) is 19.0 Å². The smallest absolute Gasteiger partial charge is 0.299 e. The Morgan fingerprint density at radius 3 is 2.47 bits per heavy atom. The van der Waals surface area contributed by atoms with Gasteiger partial charge in [0, 0.05) is 22.8 Å². The van der Waals surface area contributed by atoms with E-state index in [0.29, 0.717) is 45.9 Å². The summed E-state index contributed by atoms with van der Waals surface area (Å²) in [6.45, 7) is 4.79. The first-order valence-electron chi connectivity index (χ1n) is 12.2. The van der Waals surface area contributed by atoms with Crippen LogP contribution in [-0.4, -0.2) is 29.3 Å². The Morgan fingerprint density at radius 2 is 1.76 bits per heavy atom. The lowest BCUT2D eigenvalue weighted by Crippen LogP contribution is -2.25. The Kier molecular flexibility index (Phi) is 8.66. The van der Waals surface area contributed by atoms with Gasteiger partial charge in [0.15, 0.2) is 11.4 Å². The molecule has 8 nitrogen and oxygen atoms in total. The monoisotopic (exact) mass is 532 g/mol. The highest BCUT2D eigenvalue weighted by molar-refractivity contribution is 6.30. The Labute approximate surface area is 226 Å². The van der Waals surface area contributed by atoms with Crippen molar-refractivity contribution in [2.45, 2.75) is 20.3 Å². The predicted molar refractivity (Wildman–Crippen MR) is 149 cm³/mol. The van der Waals surface area contributed by atoms with E-state index in [1.165, 1.54) is 10.9 Å². The third kappa shape index (κ3) is 6.72. The number of carbonyl (C=O) groups excluding carboxylic acids is 1. The molecular weight excluding hydrogens is 504 g/mol. The molecular formula is C29H29ClN4O4. The van der Waals surface area contributed by atoms with Crippen molar-refractivity contribution >= 4 is 28.9 Å². The van der Waals surface area contributed by atoms with Crippen LogP contribution in [0.1, 0.15) is 30.6 Å². The Hall–Kier alpha value is -4.30. The maximum absolute atomic E-state index is 13.6. The molecule has 1 heterocycles. The highest BCUT2D eigenvalue weighted by atomic mass is 35.5. The van der Waals surface area contributed by atoms with E-state index in [2.05, 4.69) is 29.6 Å². The van der Waals surface area contributed by atoms with E-state index >= 15 is 0 Å². The number of methoxy groups -OCH3 is 1. The normalized spacial score (nSPS) is 10.8. The molecule has 0 saturated carbocycles. The zero-order valence-corrected chi connectivity index (χ0v) is 22.2. The molecule has 0 bridgehead atoms. The molecule has 3 aromatic carbocycles. The first-order chi connectivity index (χ1) is 18.3. The minimum atomic E-state index is -0.454. The van der Waals surface area contributed by atoms with Crippen molar-refractivity contribution < 1.29 is 14.3 Å². The quantitative estimate of drug-likeness (QED) is 0.252. The lowest BCUT2D eigenvalue weighted by Gasteiger charge is -2.15. The summed E-state index contributed by atoms with van der Waals surface area (Å²) in [5, 5.41) is 10.9. The summed E-state index contributed by atoms with van der Waals surface area (Å²) in [5.41, 5.74) is 1.21. The molecule has 196 valence electrons. The minimum Gasteiger partial charge on any atom is -0.497 e. The summed E-state index contributed by atoms with van der Waals surface area (Å²) >= 11 is 6.15. The van der Waals surface area contributed by atoms with E-state index in [1.54, 1.807) is 79.9 Å². The van der Waals surface area contributed by atoms with E-state index < -0.39 is 5.56 Å². The number of ether oxygens (including phenoxy) is 2. The van der Waals surface area contributed by atoms with Crippen LogP contribution in [0.2, 0.25) is 5.02 Å². The molecule has 0 saturated heterocycles. The molecule has 0 aliphatic heterocycles. The van der Waals surface area contributed by atoms with Crippen molar-refractivity contribution in [3.05, 3.63) is 99.9 Å². The number of nitrogens with one attached hydrogen (secondary N) is 2.